The Balaban J connectivity index is 1.50. The Morgan fingerprint density at radius 2 is 1.54 bits per heavy atom. The van der Waals surface area contributed by atoms with Crippen LogP contribution in [0.1, 0.15) is 35.6 Å². The summed E-state index contributed by atoms with van der Waals surface area (Å²) in [6.07, 6.45) is 2.16. The van der Waals surface area contributed by atoms with Crippen molar-refractivity contribution in [2.75, 3.05) is 11.9 Å². The molecule has 5 heteroatoms. The monoisotopic (exact) mass is 491 g/mol. The Morgan fingerprint density at radius 1 is 0.892 bits per heavy atom. The molecule has 0 saturated heterocycles. The van der Waals surface area contributed by atoms with Gasteiger partial charge in [-0.3, -0.25) is 9.59 Å². The topological polar surface area (TPSA) is 61.4 Å². The smallest absolute Gasteiger partial charge is 0.249 e. The Morgan fingerprint density at radius 3 is 2.30 bits per heavy atom. The van der Waals surface area contributed by atoms with Crippen molar-refractivity contribution in [3.63, 3.8) is 0 Å². The minimum Gasteiger partial charge on any atom is -0.343 e. The van der Waals surface area contributed by atoms with Gasteiger partial charge in [-0.05, 0) is 72.3 Å². The number of nitrogens with zero attached hydrogens (tertiary/aromatic N) is 1. The molecule has 0 fully saturated rings. The van der Waals surface area contributed by atoms with Crippen molar-refractivity contribution < 1.29 is 9.59 Å². The van der Waals surface area contributed by atoms with Crippen LogP contribution in [0.4, 0.5) is 5.69 Å². The summed E-state index contributed by atoms with van der Waals surface area (Å²) in [6, 6.07) is 30.4. The molecule has 2 atom stereocenters. The molecule has 0 bridgehead atoms. The molecule has 4 aromatic rings. The standard InChI is InChI=1S/C32H33N3O2/c1-22(33-2)31(36)34-29-19-18-24-12-6-9-15-30(24)35(32(29)37)21-26-17-16-25(20-23-10-4-3-5-11-23)27-13-7-8-14-28(26)27/h3-17,22,29,33H,18-21H2,1-2H3,(H,34,36). The van der Waals surface area contributed by atoms with E-state index in [1.807, 2.05) is 29.2 Å². The molecule has 5 rings (SSSR count). The van der Waals surface area contributed by atoms with Crippen molar-refractivity contribution in [2.24, 2.45) is 0 Å². The summed E-state index contributed by atoms with van der Waals surface area (Å²) in [7, 11) is 1.74. The van der Waals surface area contributed by atoms with E-state index in [0.29, 0.717) is 13.0 Å². The number of carbonyl (C=O) groups excluding carboxylic acids is 2. The number of nitrogens with one attached hydrogen (secondary N) is 2. The zero-order chi connectivity index (χ0) is 25.8. The minimum atomic E-state index is -0.570. The van der Waals surface area contributed by atoms with Crippen molar-refractivity contribution in [3.8, 4) is 0 Å². The second-order valence-corrected chi connectivity index (χ2v) is 9.76. The van der Waals surface area contributed by atoms with Gasteiger partial charge in [0.2, 0.25) is 11.8 Å². The number of hydrogen-bond donors (Lipinski definition) is 2. The summed E-state index contributed by atoms with van der Waals surface area (Å²) in [4.78, 5) is 28.4. The number of fused-ring (bicyclic) bond motifs is 2. The highest BCUT2D eigenvalue weighted by molar-refractivity contribution is 6.01. The van der Waals surface area contributed by atoms with Gasteiger partial charge in [-0.15, -0.1) is 0 Å². The number of hydrogen-bond acceptors (Lipinski definition) is 3. The number of benzene rings is 4. The van der Waals surface area contributed by atoms with Gasteiger partial charge in [0.1, 0.15) is 6.04 Å². The van der Waals surface area contributed by atoms with Crippen molar-refractivity contribution >= 4 is 28.3 Å². The van der Waals surface area contributed by atoms with Gasteiger partial charge < -0.3 is 15.5 Å². The van der Waals surface area contributed by atoms with E-state index in [9.17, 15) is 9.59 Å². The Hall–Kier alpha value is -3.96. The number of likely N-dealkylation sites (N-methyl/N-ethyl adjacent to an activating group) is 1. The molecule has 37 heavy (non-hydrogen) atoms. The summed E-state index contributed by atoms with van der Waals surface area (Å²) in [5, 5.41) is 8.30. The summed E-state index contributed by atoms with van der Waals surface area (Å²) in [5.41, 5.74) is 5.67. The quantitative estimate of drug-likeness (QED) is 0.382. The van der Waals surface area contributed by atoms with E-state index in [4.69, 9.17) is 0 Å². The zero-order valence-electron chi connectivity index (χ0n) is 21.4. The Labute approximate surface area is 218 Å². The first-order chi connectivity index (χ1) is 18.0. The van der Waals surface area contributed by atoms with Gasteiger partial charge in [-0.2, -0.15) is 0 Å². The number of carbonyl (C=O) groups is 2. The molecule has 0 spiro atoms. The summed E-state index contributed by atoms with van der Waals surface area (Å²) < 4.78 is 0. The van der Waals surface area contributed by atoms with Crippen molar-refractivity contribution in [2.45, 2.75) is 44.8 Å². The molecular formula is C32H33N3O2. The number of anilines is 1. The molecular weight excluding hydrogens is 458 g/mol. The molecule has 1 heterocycles. The average Bonchev–Trinajstić information content (AvgIpc) is 3.06. The molecule has 188 valence electrons. The number of rotatable bonds is 7. The van der Waals surface area contributed by atoms with E-state index >= 15 is 0 Å². The van der Waals surface area contributed by atoms with Crippen molar-refractivity contribution in [1.82, 2.24) is 10.6 Å². The van der Waals surface area contributed by atoms with Crippen molar-refractivity contribution in [1.29, 1.82) is 0 Å². The molecule has 2 unspecified atom stereocenters. The lowest BCUT2D eigenvalue weighted by atomic mass is 9.95. The van der Waals surface area contributed by atoms with E-state index in [-0.39, 0.29) is 17.9 Å². The normalized spacial score (nSPS) is 16.2. The molecule has 0 saturated carbocycles. The summed E-state index contributed by atoms with van der Waals surface area (Å²) in [6.45, 7) is 2.24. The summed E-state index contributed by atoms with van der Waals surface area (Å²) in [5.74, 6) is -0.235. The highest BCUT2D eigenvalue weighted by atomic mass is 16.2. The van der Waals surface area contributed by atoms with Crippen LogP contribution in [0.3, 0.4) is 0 Å². The molecule has 5 nitrogen and oxygen atoms in total. The maximum Gasteiger partial charge on any atom is 0.249 e. The van der Waals surface area contributed by atoms with Crippen LogP contribution in [0.5, 0.6) is 0 Å². The van der Waals surface area contributed by atoms with Crippen LogP contribution in [0.15, 0.2) is 91.0 Å². The molecule has 2 amide bonds. The molecule has 1 aliphatic rings. The average molecular weight is 492 g/mol. The molecule has 4 aromatic carbocycles. The number of amides is 2. The fraction of sp³-hybridized carbons (Fsp3) is 0.250. The van der Waals surface area contributed by atoms with Crippen molar-refractivity contribution in [3.05, 3.63) is 113 Å². The molecule has 1 aliphatic heterocycles. The number of para-hydroxylation sites is 1. The van der Waals surface area contributed by atoms with Gasteiger partial charge in [-0.25, -0.2) is 0 Å². The zero-order valence-corrected chi connectivity index (χ0v) is 21.4. The largest absolute Gasteiger partial charge is 0.343 e. The third kappa shape index (κ3) is 5.27. The van der Waals surface area contributed by atoms with E-state index in [0.717, 1.165) is 35.0 Å². The maximum absolute atomic E-state index is 13.9. The van der Waals surface area contributed by atoms with E-state index < -0.39 is 6.04 Å². The first-order valence-electron chi connectivity index (χ1n) is 13.0. The molecule has 2 N–H and O–H groups in total. The van der Waals surface area contributed by atoms with Gasteiger partial charge >= 0.3 is 0 Å². The first kappa shape index (κ1) is 24.7. The van der Waals surface area contributed by atoms with Crippen LogP contribution in [-0.2, 0) is 29.0 Å². The van der Waals surface area contributed by atoms with E-state index in [1.54, 1.807) is 14.0 Å². The fourth-order valence-electron chi connectivity index (χ4n) is 5.14. The second-order valence-electron chi connectivity index (χ2n) is 9.76. The molecule has 0 aromatic heterocycles. The van der Waals surface area contributed by atoms with E-state index in [2.05, 4.69) is 77.4 Å². The van der Waals surface area contributed by atoms with Gasteiger partial charge in [0.25, 0.3) is 0 Å². The Kier molecular flexibility index (Phi) is 7.33. The van der Waals surface area contributed by atoms with Gasteiger partial charge in [0.15, 0.2) is 0 Å². The predicted octanol–water partition coefficient (Wildman–Crippen LogP) is 5.00. The Bertz CT molecular complexity index is 1420. The molecule has 0 radical (unpaired) electrons. The SMILES string of the molecule is CNC(C)C(=O)NC1CCc2ccccc2N(Cc2ccc(Cc3ccccc3)c3ccccc23)C1=O. The van der Waals surface area contributed by atoms with Crippen LogP contribution in [-0.4, -0.2) is 30.9 Å². The third-order valence-electron chi connectivity index (χ3n) is 7.36. The van der Waals surface area contributed by atoms with E-state index in [1.165, 1.54) is 16.5 Å². The van der Waals surface area contributed by atoms with Gasteiger partial charge in [-0.1, -0.05) is 84.9 Å². The first-order valence-corrected chi connectivity index (χ1v) is 13.0. The van der Waals surface area contributed by atoms with Crippen LogP contribution in [0.2, 0.25) is 0 Å². The van der Waals surface area contributed by atoms with Crippen LogP contribution in [0, 0.1) is 0 Å². The molecule has 0 aliphatic carbocycles. The van der Waals surface area contributed by atoms with Gasteiger partial charge in [0.05, 0.1) is 12.6 Å². The summed E-state index contributed by atoms with van der Waals surface area (Å²) >= 11 is 0. The maximum atomic E-state index is 13.9. The second kappa shape index (κ2) is 11.0. The minimum absolute atomic E-state index is 0.0703. The lowest BCUT2D eigenvalue weighted by Gasteiger charge is -2.27. The highest BCUT2D eigenvalue weighted by Gasteiger charge is 2.32. The van der Waals surface area contributed by atoms with Crippen LogP contribution < -0.4 is 15.5 Å². The van der Waals surface area contributed by atoms with Crippen LogP contribution >= 0.6 is 0 Å². The highest BCUT2D eigenvalue weighted by Crippen LogP contribution is 2.31. The predicted molar refractivity (Wildman–Crippen MR) is 150 cm³/mol. The van der Waals surface area contributed by atoms with Gasteiger partial charge in [0, 0.05) is 5.69 Å². The number of aryl methyl sites for hydroxylation is 1. The fourth-order valence-corrected chi connectivity index (χ4v) is 5.14. The lowest BCUT2D eigenvalue weighted by Crippen LogP contribution is -2.52. The van der Waals surface area contributed by atoms with Crippen LogP contribution in [0.25, 0.3) is 10.8 Å². The lowest BCUT2D eigenvalue weighted by molar-refractivity contribution is -0.128. The third-order valence-corrected chi connectivity index (χ3v) is 7.36.